The first-order chi connectivity index (χ1) is 7.36. The Hall–Kier alpha value is -1.22. The Kier molecular flexibility index (Phi) is 5.63. The van der Waals surface area contributed by atoms with Gasteiger partial charge in [-0.1, -0.05) is 13.0 Å². The highest BCUT2D eigenvalue weighted by atomic mass is 16.5. The second-order valence-electron chi connectivity index (χ2n) is 3.30. The van der Waals surface area contributed by atoms with E-state index in [9.17, 15) is 0 Å². The molecule has 0 unspecified atom stereocenters. The SMILES string of the molecule is CCCNc1cccc(OCCOC)c1. The molecule has 1 N–H and O–H groups in total. The molecule has 0 saturated carbocycles. The largest absolute Gasteiger partial charge is 0.491 e. The molecule has 0 aliphatic carbocycles. The van der Waals surface area contributed by atoms with E-state index in [2.05, 4.69) is 12.2 Å². The molecule has 0 aliphatic rings. The van der Waals surface area contributed by atoms with Crippen LogP contribution in [0, 0.1) is 0 Å². The average Bonchev–Trinajstić information content (AvgIpc) is 2.27. The Morgan fingerprint density at radius 2 is 2.13 bits per heavy atom. The summed E-state index contributed by atoms with van der Waals surface area (Å²) in [5.74, 6) is 0.883. The van der Waals surface area contributed by atoms with Crippen LogP contribution >= 0.6 is 0 Å². The summed E-state index contributed by atoms with van der Waals surface area (Å²) in [6.45, 7) is 4.34. The highest BCUT2D eigenvalue weighted by Crippen LogP contribution is 2.17. The summed E-state index contributed by atoms with van der Waals surface area (Å²) in [5.41, 5.74) is 1.10. The number of hydrogen-bond acceptors (Lipinski definition) is 3. The number of ether oxygens (including phenoxy) is 2. The normalized spacial score (nSPS) is 10.0. The van der Waals surface area contributed by atoms with Gasteiger partial charge in [0.15, 0.2) is 0 Å². The molecule has 0 aliphatic heterocycles. The topological polar surface area (TPSA) is 30.5 Å². The molecular formula is C12H19NO2. The van der Waals surface area contributed by atoms with Crippen LogP contribution in [0.15, 0.2) is 24.3 Å². The van der Waals surface area contributed by atoms with Gasteiger partial charge in [0.25, 0.3) is 0 Å². The molecule has 0 fully saturated rings. The van der Waals surface area contributed by atoms with Crippen LogP contribution in [-0.2, 0) is 4.74 Å². The Morgan fingerprint density at radius 1 is 1.27 bits per heavy atom. The van der Waals surface area contributed by atoms with Gasteiger partial charge < -0.3 is 14.8 Å². The van der Waals surface area contributed by atoms with Crippen LogP contribution in [0.4, 0.5) is 5.69 Å². The van der Waals surface area contributed by atoms with Crippen molar-refractivity contribution >= 4 is 5.69 Å². The van der Waals surface area contributed by atoms with E-state index >= 15 is 0 Å². The van der Waals surface area contributed by atoms with Gasteiger partial charge in [0.05, 0.1) is 6.61 Å². The number of anilines is 1. The Labute approximate surface area is 91.4 Å². The van der Waals surface area contributed by atoms with Crippen molar-refractivity contribution in [1.29, 1.82) is 0 Å². The maximum absolute atomic E-state index is 5.50. The molecule has 1 aromatic carbocycles. The van der Waals surface area contributed by atoms with Crippen molar-refractivity contribution in [2.24, 2.45) is 0 Å². The van der Waals surface area contributed by atoms with Crippen LogP contribution in [0.25, 0.3) is 0 Å². The van der Waals surface area contributed by atoms with Crippen LogP contribution in [0.1, 0.15) is 13.3 Å². The van der Waals surface area contributed by atoms with Crippen molar-refractivity contribution < 1.29 is 9.47 Å². The van der Waals surface area contributed by atoms with Crippen molar-refractivity contribution in [2.75, 3.05) is 32.2 Å². The van der Waals surface area contributed by atoms with E-state index in [1.807, 2.05) is 24.3 Å². The molecule has 0 heterocycles. The molecular weight excluding hydrogens is 190 g/mol. The van der Waals surface area contributed by atoms with Crippen LogP contribution in [0.3, 0.4) is 0 Å². The standard InChI is InChI=1S/C12H19NO2/c1-3-7-13-11-5-4-6-12(10-11)15-9-8-14-2/h4-6,10,13H,3,7-9H2,1-2H3. The molecule has 0 spiro atoms. The van der Waals surface area contributed by atoms with Crippen molar-refractivity contribution in [1.82, 2.24) is 0 Å². The fourth-order valence-electron chi connectivity index (χ4n) is 1.21. The first kappa shape index (κ1) is 11.9. The summed E-state index contributed by atoms with van der Waals surface area (Å²) in [7, 11) is 1.67. The third-order valence-electron chi connectivity index (χ3n) is 1.97. The van der Waals surface area contributed by atoms with E-state index in [1.165, 1.54) is 0 Å². The zero-order valence-electron chi connectivity index (χ0n) is 9.45. The summed E-state index contributed by atoms with van der Waals surface area (Å²) < 4.78 is 10.4. The second kappa shape index (κ2) is 7.12. The summed E-state index contributed by atoms with van der Waals surface area (Å²) in [6, 6.07) is 7.98. The van der Waals surface area contributed by atoms with E-state index in [-0.39, 0.29) is 0 Å². The first-order valence-electron chi connectivity index (χ1n) is 5.32. The van der Waals surface area contributed by atoms with Gasteiger partial charge in [0.2, 0.25) is 0 Å². The number of hydrogen-bond donors (Lipinski definition) is 1. The molecule has 0 saturated heterocycles. The zero-order chi connectivity index (χ0) is 10.9. The van der Waals surface area contributed by atoms with E-state index in [0.29, 0.717) is 13.2 Å². The van der Waals surface area contributed by atoms with Gasteiger partial charge in [0.1, 0.15) is 12.4 Å². The van der Waals surface area contributed by atoms with Crippen molar-refractivity contribution in [2.45, 2.75) is 13.3 Å². The first-order valence-corrected chi connectivity index (χ1v) is 5.32. The molecule has 3 heteroatoms. The fourth-order valence-corrected chi connectivity index (χ4v) is 1.21. The van der Waals surface area contributed by atoms with Crippen molar-refractivity contribution in [3.8, 4) is 5.75 Å². The number of benzene rings is 1. The van der Waals surface area contributed by atoms with Gasteiger partial charge >= 0.3 is 0 Å². The van der Waals surface area contributed by atoms with Gasteiger partial charge in [-0.2, -0.15) is 0 Å². The van der Waals surface area contributed by atoms with Gasteiger partial charge in [-0.25, -0.2) is 0 Å². The number of nitrogens with one attached hydrogen (secondary N) is 1. The summed E-state index contributed by atoms with van der Waals surface area (Å²) >= 11 is 0. The maximum atomic E-state index is 5.50. The number of methoxy groups -OCH3 is 1. The molecule has 0 amide bonds. The molecule has 0 atom stereocenters. The second-order valence-corrected chi connectivity index (χ2v) is 3.30. The van der Waals surface area contributed by atoms with Gasteiger partial charge in [-0.05, 0) is 18.6 Å². The lowest BCUT2D eigenvalue weighted by molar-refractivity contribution is 0.146. The molecule has 0 radical (unpaired) electrons. The predicted octanol–water partition coefficient (Wildman–Crippen LogP) is 2.53. The molecule has 3 nitrogen and oxygen atoms in total. The van der Waals surface area contributed by atoms with Gasteiger partial charge in [-0.3, -0.25) is 0 Å². The zero-order valence-corrected chi connectivity index (χ0v) is 9.45. The maximum Gasteiger partial charge on any atom is 0.121 e. The van der Waals surface area contributed by atoms with E-state index in [0.717, 1.165) is 24.4 Å². The minimum Gasteiger partial charge on any atom is -0.491 e. The quantitative estimate of drug-likeness (QED) is 0.700. The monoisotopic (exact) mass is 209 g/mol. The summed E-state index contributed by atoms with van der Waals surface area (Å²) in [4.78, 5) is 0. The molecule has 0 aromatic heterocycles. The van der Waals surface area contributed by atoms with E-state index in [1.54, 1.807) is 7.11 Å². The highest BCUT2D eigenvalue weighted by molar-refractivity contribution is 5.48. The van der Waals surface area contributed by atoms with E-state index in [4.69, 9.17) is 9.47 Å². The molecule has 1 rings (SSSR count). The number of rotatable bonds is 7. The molecule has 84 valence electrons. The molecule has 0 bridgehead atoms. The fraction of sp³-hybridized carbons (Fsp3) is 0.500. The third kappa shape index (κ3) is 4.70. The Bertz CT molecular complexity index is 276. The van der Waals surface area contributed by atoms with Gasteiger partial charge in [-0.15, -0.1) is 0 Å². The summed E-state index contributed by atoms with van der Waals surface area (Å²) in [6.07, 6.45) is 1.12. The molecule has 1 aromatic rings. The van der Waals surface area contributed by atoms with Crippen molar-refractivity contribution in [3.05, 3.63) is 24.3 Å². The Balaban J connectivity index is 2.42. The minimum atomic E-state index is 0.591. The van der Waals surface area contributed by atoms with Crippen LogP contribution in [0.2, 0.25) is 0 Å². The van der Waals surface area contributed by atoms with Crippen LogP contribution < -0.4 is 10.1 Å². The minimum absolute atomic E-state index is 0.591. The summed E-state index contributed by atoms with van der Waals surface area (Å²) in [5, 5.41) is 3.31. The van der Waals surface area contributed by atoms with Crippen molar-refractivity contribution in [3.63, 3.8) is 0 Å². The lowest BCUT2D eigenvalue weighted by atomic mass is 10.3. The Morgan fingerprint density at radius 3 is 2.87 bits per heavy atom. The van der Waals surface area contributed by atoms with Gasteiger partial charge in [0, 0.05) is 25.4 Å². The highest BCUT2D eigenvalue weighted by Gasteiger charge is 1.95. The predicted molar refractivity (Wildman–Crippen MR) is 62.6 cm³/mol. The average molecular weight is 209 g/mol. The van der Waals surface area contributed by atoms with Crippen LogP contribution in [0.5, 0.6) is 5.75 Å². The lowest BCUT2D eigenvalue weighted by Crippen LogP contribution is -2.05. The lowest BCUT2D eigenvalue weighted by Gasteiger charge is -2.08. The molecule has 15 heavy (non-hydrogen) atoms. The smallest absolute Gasteiger partial charge is 0.121 e. The van der Waals surface area contributed by atoms with E-state index < -0.39 is 0 Å². The third-order valence-corrected chi connectivity index (χ3v) is 1.97. The van der Waals surface area contributed by atoms with Crippen LogP contribution in [-0.4, -0.2) is 26.9 Å².